The number of aromatic carboxylic acids is 1. The van der Waals surface area contributed by atoms with Gasteiger partial charge in [-0.05, 0) is 35.9 Å². The third-order valence-corrected chi connectivity index (χ3v) is 3.17. The highest BCUT2D eigenvalue weighted by Crippen LogP contribution is 2.20. The normalized spacial score (nSPS) is 10.1. The molecule has 0 atom stereocenters. The van der Waals surface area contributed by atoms with Gasteiger partial charge in [-0.3, -0.25) is 0 Å². The van der Waals surface area contributed by atoms with E-state index in [2.05, 4.69) is 0 Å². The molecule has 1 N–H and O–H groups in total. The molecule has 2 aromatic rings. The van der Waals surface area contributed by atoms with Crippen LogP contribution in [-0.2, 0) is 6.54 Å². The quantitative estimate of drug-likeness (QED) is 0.908. The number of rotatable bonds is 5. The Bertz CT molecular complexity index is 593. The van der Waals surface area contributed by atoms with E-state index in [1.165, 1.54) is 0 Å². The lowest BCUT2D eigenvalue weighted by Crippen LogP contribution is -2.18. The van der Waals surface area contributed by atoms with E-state index >= 15 is 0 Å². The summed E-state index contributed by atoms with van der Waals surface area (Å²) >= 11 is 0. The van der Waals surface area contributed by atoms with Crippen LogP contribution in [0.1, 0.15) is 15.9 Å². The van der Waals surface area contributed by atoms with Gasteiger partial charge >= 0.3 is 5.97 Å². The summed E-state index contributed by atoms with van der Waals surface area (Å²) in [5.74, 6) is -0.100. The number of ether oxygens (including phenoxy) is 1. The second kappa shape index (κ2) is 6.10. The molecule has 104 valence electrons. The molecule has 0 aliphatic heterocycles. The van der Waals surface area contributed by atoms with Gasteiger partial charge < -0.3 is 14.7 Å². The molecule has 4 heteroatoms. The van der Waals surface area contributed by atoms with Crippen LogP contribution in [-0.4, -0.2) is 25.2 Å². The summed E-state index contributed by atoms with van der Waals surface area (Å²) in [6, 6.07) is 14.7. The van der Waals surface area contributed by atoms with Crippen molar-refractivity contribution in [1.82, 2.24) is 0 Å². The van der Waals surface area contributed by atoms with E-state index in [0.717, 1.165) is 17.0 Å². The smallest absolute Gasteiger partial charge is 0.336 e. The zero-order chi connectivity index (χ0) is 14.5. The number of hydrogen-bond donors (Lipinski definition) is 1. The number of benzene rings is 2. The molecule has 0 heterocycles. The van der Waals surface area contributed by atoms with Crippen molar-refractivity contribution in [3.63, 3.8) is 0 Å². The Hall–Kier alpha value is -2.49. The Morgan fingerprint density at radius 1 is 1.15 bits per heavy atom. The summed E-state index contributed by atoms with van der Waals surface area (Å²) in [4.78, 5) is 13.2. The lowest BCUT2D eigenvalue weighted by atomic mass is 10.1. The van der Waals surface area contributed by atoms with Gasteiger partial charge in [0.25, 0.3) is 0 Å². The number of hydrogen-bond acceptors (Lipinski definition) is 3. The van der Waals surface area contributed by atoms with Gasteiger partial charge in [0, 0.05) is 19.3 Å². The zero-order valence-corrected chi connectivity index (χ0v) is 11.5. The minimum Gasteiger partial charge on any atom is -0.497 e. The molecule has 0 bridgehead atoms. The molecule has 2 rings (SSSR count). The fourth-order valence-corrected chi connectivity index (χ4v) is 2.05. The van der Waals surface area contributed by atoms with E-state index in [4.69, 9.17) is 4.74 Å². The molecular weight excluding hydrogens is 254 g/mol. The van der Waals surface area contributed by atoms with Crippen LogP contribution in [0.15, 0.2) is 48.5 Å². The Kier molecular flexibility index (Phi) is 4.25. The summed E-state index contributed by atoms with van der Waals surface area (Å²) in [5, 5.41) is 9.18. The van der Waals surface area contributed by atoms with Crippen LogP contribution in [0, 0.1) is 0 Å². The lowest BCUT2D eigenvalue weighted by Gasteiger charge is -2.20. The van der Waals surface area contributed by atoms with Gasteiger partial charge in [0.05, 0.1) is 12.7 Å². The second-order valence-corrected chi connectivity index (χ2v) is 4.52. The van der Waals surface area contributed by atoms with Crippen LogP contribution in [0.4, 0.5) is 5.69 Å². The highest BCUT2D eigenvalue weighted by atomic mass is 16.5. The number of anilines is 1. The van der Waals surface area contributed by atoms with Gasteiger partial charge in [-0.2, -0.15) is 0 Å². The maximum atomic E-state index is 11.2. The topological polar surface area (TPSA) is 49.8 Å². The number of methoxy groups -OCH3 is 1. The van der Waals surface area contributed by atoms with Gasteiger partial charge in [0.1, 0.15) is 5.75 Å². The number of carbonyl (C=O) groups is 1. The van der Waals surface area contributed by atoms with Crippen molar-refractivity contribution in [2.24, 2.45) is 0 Å². The van der Waals surface area contributed by atoms with E-state index in [0.29, 0.717) is 12.1 Å². The fourth-order valence-electron chi connectivity index (χ4n) is 2.05. The average molecular weight is 271 g/mol. The molecule has 0 aromatic heterocycles. The van der Waals surface area contributed by atoms with E-state index in [-0.39, 0.29) is 0 Å². The standard InChI is InChI=1S/C16H17NO3/c1-17(13-7-9-14(20-2)10-8-13)11-12-5-3-4-6-15(12)16(18)19/h3-10H,11H2,1-2H3,(H,18,19). The predicted molar refractivity (Wildman–Crippen MR) is 78.5 cm³/mol. The highest BCUT2D eigenvalue weighted by Gasteiger charge is 2.11. The molecule has 0 fully saturated rings. The molecule has 0 amide bonds. The first-order valence-corrected chi connectivity index (χ1v) is 6.28. The maximum Gasteiger partial charge on any atom is 0.336 e. The largest absolute Gasteiger partial charge is 0.497 e. The third-order valence-electron chi connectivity index (χ3n) is 3.17. The van der Waals surface area contributed by atoms with E-state index in [9.17, 15) is 9.90 Å². The third kappa shape index (κ3) is 3.09. The summed E-state index contributed by atoms with van der Waals surface area (Å²) < 4.78 is 5.12. The van der Waals surface area contributed by atoms with E-state index < -0.39 is 5.97 Å². The zero-order valence-electron chi connectivity index (χ0n) is 11.5. The Labute approximate surface area is 118 Å². The molecule has 0 radical (unpaired) electrons. The SMILES string of the molecule is COc1ccc(N(C)Cc2ccccc2C(=O)O)cc1. The van der Waals surface area contributed by atoms with Crippen LogP contribution in [0.2, 0.25) is 0 Å². The maximum absolute atomic E-state index is 11.2. The molecule has 0 aliphatic rings. The van der Waals surface area contributed by atoms with Crippen LogP contribution in [0.5, 0.6) is 5.75 Å². The van der Waals surface area contributed by atoms with Gasteiger partial charge in [0.2, 0.25) is 0 Å². The molecule has 0 spiro atoms. The molecule has 20 heavy (non-hydrogen) atoms. The van der Waals surface area contributed by atoms with Crippen molar-refractivity contribution < 1.29 is 14.6 Å². The van der Waals surface area contributed by atoms with Crippen LogP contribution < -0.4 is 9.64 Å². The average Bonchev–Trinajstić information content (AvgIpc) is 2.47. The van der Waals surface area contributed by atoms with Crippen molar-refractivity contribution >= 4 is 11.7 Å². The van der Waals surface area contributed by atoms with Gasteiger partial charge in [-0.15, -0.1) is 0 Å². The molecular formula is C16H17NO3. The van der Waals surface area contributed by atoms with Crippen LogP contribution >= 0.6 is 0 Å². The first kappa shape index (κ1) is 13.9. The first-order chi connectivity index (χ1) is 9.61. The summed E-state index contributed by atoms with van der Waals surface area (Å²) in [7, 11) is 3.56. The van der Waals surface area contributed by atoms with Crippen molar-refractivity contribution in [3.8, 4) is 5.75 Å². The van der Waals surface area contributed by atoms with Crippen molar-refractivity contribution in [1.29, 1.82) is 0 Å². The summed E-state index contributed by atoms with van der Waals surface area (Å²) in [5.41, 5.74) is 2.14. The minimum absolute atomic E-state index is 0.341. The van der Waals surface area contributed by atoms with Crippen molar-refractivity contribution in [2.45, 2.75) is 6.54 Å². The molecule has 0 unspecified atom stereocenters. The van der Waals surface area contributed by atoms with E-state index in [1.54, 1.807) is 19.2 Å². The molecule has 4 nitrogen and oxygen atoms in total. The van der Waals surface area contributed by atoms with Crippen molar-refractivity contribution in [3.05, 3.63) is 59.7 Å². The van der Waals surface area contributed by atoms with Crippen LogP contribution in [0.25, 0.3) is 0 Å². The molecule has 2 aromatic carbocycles. The minimum atomic E-state index is -0.899. The van der Waals surface area contributed by atoms with Gasteiger partial charge in [-0.25, -0.2) is 4.79 Å². The molecule has 0 saturated heterocycles. The fraction of sp³-hybridized carbons (Fsp3) is 0.188. The Morgan fingerprint density at radius 2 is 1.80 bits per heavy atom. The Morgan fingerprint density at radius 3 is 2.40 bits per heavy atom. The van der Waals surface area contributed by atoms with Gasteiger partial charge in [0.15, 0.2) is 0 Å². The predicted octanol–water partition coefficient (Wildman–Crippen LogP) is 3.03. The number of carboxylic acid groups (broad SMARTS) is 1. The van der Waals surface area contributed by atoms with Gasteiger partial charge in [-0.1, -0.05) is 18.2 Å². The highest BCUT2D eigenvalue weighted by molar-refractivity contribution is 5.89. The Balaban J connectivity index is 2.18. The summed E-state index contributed by atoms with van der Waals surface area (Å²) in [6.45, 7) is 0.537. The van der Waals surface area contributed by atoms with Crippen LogP contribution in [0.3, 0.4) is 0 Å². The van der Waals surface area contributed by atoms with E-state index in [1.807, 2.05) is 48.3 Å². The monoisotopic (exact) mass is 271 g/mol. The first-order valence-electron chi connectivity index (χ1n) is 6.28. The van der Waals surface area contributed by atoms with Crippen molar-refractivity contribution in [2.75, 3.05) is 19.1 Å². The number of nitrogens with zero attached hydrogens (tertiary/aromatic N) is 1. The molecule has 0 aliphatic carbocycles. The molecule has 0 saturated carbocycles. The summed E-state index contributed by atoms with van der Waals surface area (Å²) in [6.07, 6.45) is 0. The second-order valence-electron chi connectivity index (χ2n) is 4.52. The number of carboxylic acids is 1. The lowest BCUT2D eigenvalue weighted by molar-refractivity contribution is 0.0695.